The highest BCUT2D eigenvalue weighted by atomic mass is 32.2. The lowest BCUT2D eigenvalue weighted by atomic mass is 10.0. The number of thiazole rings is 1. The first-order valence-electron chi connectivity index (χ1n) is 14.1. The number of aliphatic imine (C=N–C) groups is 1. The first-order valence-corrected chi connectivity index (χ1v) is 17.1. The van der Waals surface area contributed by atoms with Crippen molar-refractivity contribution in [3.63, 3.8) is 0 Å². The van der Waals surface area contributed by atoms with Gasteiger partial charge in [0.1, 0.15) is 22.8 Å². The molecule has 262 valence electrons. The predicted octanol–water partition coefficient (Wildman–Crippen LogP) is -0.832. The number of amides is 4. The van der Waals surface area contributed by atoms with Crippen LogP contribution >= 0.6 is 34.9 Å². The number of carboxylic acids is 1. The number of oxime groups is 1. The lowest BCUT2D eigenvalue weighted by molar-refractivity contribution is -0.150. The van der Waals surface area contributed by atoms with Crippen LogP contribution in [0.1, 0.15) is 18.4 Å². The molecular weight excluding hydrogens is 721 g/mol. The standard InChI is InChI=1S/C26H26N12O9S3/c1-10-3-16(38-14(29-10)5-36(34-38)26(45)32-46)48-7-11-8-49-23-18(22(42)37(23)19(11)24(43)44)31-20(40)17(12-9-50-25(27)30-12)33-47-6-15-28-4-13(39)21(41)35(15)2/h3-5,9,18,23,34,39,46H,6-8H2,1-2H3,(H2,27,30)(H,31,40)(H,32,45)(H,43,44)/t18-,23-/m1/s1. The molecule has 4 aliphatic heterocycles. The van der Waals surface area contributed by atoms with Crippen molar-refractivity contribution >= 4 is 75.2 Å². The van der Waals surface area contributed by atoms with E-state index in [9.17, 15) is 34.2 Å². The van der Waals surface area contributed by atoms with E-state index in [0.29, 0.717) is 22.1 Å². The second kappa shape index (κ2) is 13.8. The number of hydrogen-bond donors (Lipinski definition) is 7. The van der Waals surface area contributed by atoms with Gasteiger partial charge in [0.15, 0.2) is 34.8 Å². The van der Waals surface area contributed by atoms with Gasteiger partial charge in [-0.1, -0.05) is 5.16 Å². The molecule has 1 fully saturated rings. The minimum absolute atomic E-state index is 0.0471. The highest BCUT2D eigenvalue weighted by molar-refractivity contribution is 8.03. The van der Waals surface area contributed by atoms with E-state index in [2.05, 4.69) is 31.0 Å². The van der Waals surface area contributed by atoms with E-state index >= 15 is 0 Å². The highest BCUT2D eigenvalue weighted by Gasteiger charge is 2.54. The third kappa shape index (κ3) is 6.48. The normalized spacial score (nSPS) is 20.0. The molecule has 0 unspecified atom stereocenters. The number of rotatable bonds is 10. The van der Waals surface area contributed by atoms with Crippen LogP contribution in [0.25, 0.3) is 0 Å². The Hall–Kier alpha value is -5.43. The second-order valence-corrected chi connectivity index (χ2v) is 13.6. The number of carbonyl (C=O) groups excluding carboxylic acids is 3. The summed E-state index contributed by atoms with van der Waals surface area (Å²) in [6, 6.07) is -1.96. The number of carbonyl (C=O) groups is 4. The number of β-lactam (4-membered cyclic amide) rings is 1. The Kier molecular flexibility index (Phi) is 9.52. The Labute approximate surface area is 292 Å². The number of hydrazine groups is 2. The van der Waals surface area contributed by atoms with Gasteiger partial charge in [-0.3, -0.25) is 29.1 Å². The fourth-order valence-corrected chi connectivity index (χ4v) is 8.04. The van der Waals surface area contributed by atoms with Crippen molar-refractivity contribution in [2.75, 3.05) is 17.2 Å². The summed E-state index contributed by atoms with van der Waals surface area (Å²) < 4.78 is 1.04. The summed E-state index contributed by atoms with van der Waals surface area (Å²) in [6.07, 6.45) is 4.03. The number of aromatic nitrogens is 3. The molecule has 24 heteroatoms. The summed E-state index contributed by atoms with van der Waals surface area (Å²) in [5.41, 5.74) is 9.87. The van der Waals surface area contributed by atoms with E-state index in [-0.39, 0.29) is 46.2 Å². The first kappa shape index (κ1) is 34.4. The lowest BCUT2D eigenvalue weighted by Crippen LogP contribution is -2.71. The molecule has 0 aromatic carbocycles. The van der Waals surface area contributed by atoms with Crippen LogP contribution < -0.4 is 27.6 Å². The largest absolute Gasteiger partial charge is 0.502 e. The third-order valence-electron chi connectivity index (χ3n) is 7.35. The maximum Gasteiger partial charge on any atom is 0.361 e. The van der Waals surface area contributed by atoms with Gasteiger partial charge in [-0.25, -0.2) is 40.0 Å². The van der Waals surface area contributed by atoms with Crippen molar-refractivity contribution in [2.45, 2.75) is 24.9 Å². The molecular formula is C26H26N12O9S3. The predicted molar refractivity (Wildman–Crippen MR) is 178 cm³/mol. The Bertz CT molecular complexity index is 2020. The number of nitrogens with two attached hydrogens (primary N) is 1. The van der Waals surface area contributed by atoms with Crippen LogP contribution in [-0.4, -0.2) is 103 Å². The lowest BCUT2D eigenvalue weighted by Gasteiger charge is -2.49. The van der Waals surface area contributed by atoms with Crippen LogP contribution in [-0.2, 0) is 32.9 Å². The van der Waals surface area contributed by atoms with Crippen molar-refractivity contribution in [2.24, 2.45) is 17.2 Å². The highest BCUT2D eigenvalue weighted by Crippen LogP contribution is 2.42. The van der Waals surface area contributed by atoms with E-state index < -0.39 is 46.5 Å². The molecule has 50 heavy (non-hydrogen) atoms. The minimum Gasteiger partial charge on any atom is -0.502 e. The number of hydroxylamine groups is 1. The fourth-order valence-electron chi connectivity index (χ4n) is 4.94. The van der Waals surface area contributed by atoms with Crippen LogP contribution in [0.4, 0.5) is 9.93 Å². The molecule has 8 N–H and O–H groups in total. The van der Waals surface area contributed by atoms with Crippen LogP contribution in [0.2, 0.25) is 0 Å². The number of urea groups is 1. The molecule has 4 amide bonds. The molecule has 21 nitrogen and oxygen atoms in total. The number of nitrogen functional groups attached to an aromatic ring is 1. The van der Waals surface area contributed by atoms with Gasteiger partial charge in [0.05, 0.1) is 17.4 Å². The molecule has 2 atom stereocenters. The van der Waals surface area contributed by atoms with Gasteiger partial charge in [0.25, 0.3) is 17.4 Å². The van der Waals surface area contributed by atoms with Crippen LogP contribution in [0.15, 0.2) is 60.9 Å². The summed E-state index contributed by atoms with van der Waals surface area (Å²) in [5.74, 6) is -2.58. The van der Waals surface area contributed by atoms with E-state index in [4.69, 9.17) is 15.8 Å². The smallest absolute Gasteiger partial charge is 0.361 e. The van der Waals surface area contributed by atoms with Crippen LogP contribution in [0.5, 0.6) is 5.75 Å². The van der Waals surface area contributed by atoms with Gasteiger partial charge in [0, 0.05) is 29.6 Å². The maximum absolute atomic E-state index is 13.5. The van der Waals surface area contributed by atoms with E-state index in [1.165, 1.54) is 52.6 Å². The molecule has 4 aliphatic rings. The number of aliphatic carboxylic acids is 1. The van der Waals surface area contributed by atoms with E-state index in [0.717, 1.165) is 32.0 Å². The number of thioether (sulfide) groups is 2. The zero-order valence-electron chi connectivity index (χ0n) is 25.8. The summed E-state index contributed by atoms with van der Waals surface area (Å²) in [7, 11) is 1.36. The van der Waals surface area contributed by atoms with Gasteiger partial charge < -0.3 is 26.1 Å². The summed E-state index contributed by atoms with van der Waals surface area (Å²) in [5, 5.41) is 39.0. The number of allylic oxidation sites excluding steroid dienone is 1. The fraction of sp³-hybridized carbons (Fsp3) is 0.269. The number of carboxylic acid groups (broad SMARTS) is 1. The summed E-state index contributed by atoms with van der Waals surface area (Å²) >= 11 is 3.53. The number of nitrogens with one attached hydrogen (secondary N) is 3. The second-order valence-electron chi connectivity index (χ2n) is 10.6. The molecule has 0 bridgehead atoms. The average Bonchev–Trinajstić information content (AvgIpc) is 3.72. The van der Waals surface area contributed by atoms with Gasteiger partial charge in [0.2, 0.25) is 0 Å². The molecule has 6 rings (SSSR count). The summed E-state index contributed by atoms with van der Waals surface area (Å²) in [4.78, 5) is 82.0. The number of hydrogen-bond acceptors (Lipinski definition) is 18. The number of anilines is 1. The maximum atomic E-state index is 13.5. The van der Waals surface area contributed by atoms with Crippen molar-refractivity contribution in [3.05, 3.63) is 67.8 Å². The molecule has 0 saturated carbocycles. The zero-order chi connectivity index (χ0) is 35.9. The first-order chi connectivity index (χ1) is 23.9. The van der Waals surface area contributed by atoms with Crippen molar-refractivity contribution in [1.29, 1.82) is 0 Å². The topological polar surface area (TPSA) is 283 Å². The zero-order valence-corrected chi connectivity index (χ0v) is 28.2. The minimum atomic E-state index is -1.32. The van der Waals surface area contributed by atoms with Crippen LogP contribution in [0, 0.1) is 0 Å². The molecule has 0 aliphatic carbocycles. The Balaban J connectivity index is 1.15. The molecule has 1 saturated heterocycles. The monoisotopic (exact) mass is 746 g/mol. The molecule has 0 spiro atoms. The van der Waals surface area contributed by atoms with Gasteiger partial charge in [-0.15, -0.1) is 40.4 Å². The van der Waals surface area contributed by atoms with Gasteiger partial charge in [-0.2, -0.15) is 0 Å². The quantitative estimate of drug-likeness (QED) is 0.0676. The number of fused-ring (bicyclic) bond motifs is 2. The molecule has 6 heterocycles. The molecule has 2 aromatic heterocycles. The van der Waals surface area contributed by atoms with Crippen LogP contribution in [0.3, 0.4) is 0 Å². The Morgan fingerprint density at radius 3 is 2.78 bits per heavy atom. The molecule has 2 aromatic rings. The van der Waals surface area contributed by atoms with Gasteiger partial charge in [-0.05, 0) is 18.6 Å². The van der Waals surface area contributed by atoms with Crippen molar-refractivity contribution in [3.8, 4) is 5.75 Å². The third-order valence-corrected chi connectivity index (χ3v) is 10.4. The Morgan fingerprint density at radius 2 is 2.08 bits per heavy atom. The van der Waals surface area contributed by atoms with E-state index in [1.54, 1.807) is 13.0 Å². The SMILES string of the molecule is CC1=NC2=CN(C(=O)NO)NN2C(SCC2=C(C(=O)O)N3C(=O)[C@@H](NC(=O)C(=NOCc4ncc(O)c(=O)n4C)c4csc(N)n4)[C@H]3SC2)=C1. The van der Waals surface area contributed by atoms with E-state index in [1.807, 2.05) is 0 Å². The summed E-state index contributed by atoms with van der Waals surface area (Å²) in [6.45, 7) is 1.38. The number of nitrogens with zero attached hydrogens (tertiary/aromatic N) is 8. The Morgan fingerprint density at radius 1 is 1.30 bits per heavy atom. The van der Waals surface area contributed by atoms with Gasteiger partial charge >= 0.3 is 12.0 Å². The van der Waals surface area contributed by atoms with Crippen molar-refractivity contribution in [1.82, 2.24) is 45.8 Å². The average molecular weight is 747 g/mol. The molecule has 0 radical (unpaired) electrons. The number of aromatic hydroxyl groups is 1. The van der Waals surface area contributed by atoms with Crippen molar-refractivity contribution < 1.29 is 39.4 Å².